The number of aliphatic carboxylic acids is 1. The van der Waals surface area contributed by atoms with Gasteiger partial charge in [0.25, 0.3) is 0 Å². The van der Waals surface area contributed by atoms with Crippen molar-refractivity contribution < 1.29 is 14.6 Å². The Balaban J connectivity index is 1.41. The van der Waals surface area contributed by atoms with E-state index < -0.39 is 12.0 Å². The number of halogens is 2. The second kappa shape index (κ2) is 10.6. The molecule has 5 nitrogen and oxygen atoms in total. The van der Waals surface area contributed by atoms with Crippen LogP contribution in [0.25, 0.3) is 21.7 Å². The number of ether oxygens (including phenoxy) is 1. The summed E-state index contributed by atoms with van der Waals surface area (Å²) in [7, 11) is 0. The highest BCUT2D eigenvalue weighted by molar-refractivity contribution is 6.35. The minimum Gasteiger partial charge on any atom is -0.488 e. The number of benzene rings is 4. The summed E-state index contributed by atoms with van der Waals surface area (Å²) in [6, 6.07) is 24.3. The topological polar surface area (TPSA) is 74.3 Å². The molecule has 4 aromatic carbocycles. The molecule has 0 saturated heterocycles. The number of aromatic amines is 1. The third-order valence-electron chi connectivity index (χ3n) is 6.35. The summed E-state index contributed by atoms with van der Waals surface area (Å²) in [4.78, 5) is 15.4. The lowest BCUT2D eigenvalue weighted by Gasteiger charge is -2.19. The number of H-pyrrole nitrogens is 1. The van der Waals surface area contributed by atoms with Gasteiger partial charge >= 0.3 is 5.97 Å². The minimum atomic E-state index is -0.911. The Kier molecular flexibility index (Phi) is 7.14. The van der Waals surface area contributed by atoms with Crippen LogP contribution in [-0.2, 0) is 24.4 Å². The summed E-state index contributed by atoms with van der Waals surface area (Å²) in [6.45, 7) is 0.508. The number of carboxylic acid groups (broad SMARTS) is 1. The summed E-state index contributed by atoms with van der Waals surface area (Å²) < 4.78 is 6.19. The summed E-state index contributed by atoms with van der Waals surface area (Å²) in [5.41, 5.74) is 3.52. The second-order valence-electron chi connectivity index (χ2n) is 8.59. The maximum Gasteiger partial charge on any atom is 0.321 e. The summed E-state index contributed by atoms with van der Waals surface area (Å²) in [5.74, 6) is -0.265. The van der Waals surface area contributed by atoms with E-state index in [0.29, 0.717) is 34.3 Å². The second-order valence-corrected chi connectivity index (χ2v) is 9.40. The van der Waals surface area contributed by atoms with Crippen molar-refractivity contribution in [1.82, 2.24) is 10.3 Å². The van der Waals surface area contributed by atoms with Crippen LogP contribution in [-0.4, -0.2) is 22.1 Å². The average Bonchev–Trinajstić information content (AvgIpc) is 3.29. The molecular weight excluding hydrogens is 495 g/mol. The number of fused-ring (bicyclic) bond motifs is 2. The maximum absolute atomic E-state index is 12.2. The van der Waals surface area contributed by atoms with Crippen LogP contribution in [0.3, 0.4) is 0 Å². The SMILES string of the molecule is O=C(O)C(Cc1c[nH]c2ccccc12)NCc1c(OCc2c(Cl)cccc2Cl)ccc2ccccc12. The van der Waals surface area contributed by atoms with Crippen LogP contribution >= 0.6 is 23.2 Å². The monoisotopic (exact) mass is 518 g/mol. The van der Waals surface area contributed by atoms with E-state index in [-0.39, 0.29) is 6.61 Å². The first-order valence-corrected chi connectivity index (χ1v) is 12.3. The van der Waals surface area contributed by atoms with Gasteiger partial charge < -0.3 is 14.8 Å². The average molecular weight is 519 g/mol. The van der Waals surface area contributed by atoms with E-state index in [1.54, 1.807) is 18.2 Å². The molecule has 1 aromatic heterocycles. The van der Waals surface area contributed by atoms with E-state index >= 15 is 0 Å². The van der Waals surface area contributed by atoms with E-state index in [4.69, 9.17) is 27.9 Å². The van der Waals surface area contributed by atoms with E-state index in [2.05, 4.69) is 10.3 Å². The molecule has 1 atom stereocenters. The highest BCUT2D eigenvalue weighted by Crippen LogP contribution is 2.31. The highest BCUT2D eigenvalue weighted by atomic mass is 35.5. The fourth-order valence-electron chi connectivity index (χ4n) is 4.45. The van der Waals surface area contributed by atoms with Crippen molar-refractivity contribution >= 4 is 50.8 Å². The van der Waals surface area contributed by atoms with Gasteiger partial charge in [0.1, 0.15) is 18.4 Å². The van der Waals surface area contributed by atoms with Crippen molar-refractivity contribution in [2.24, 2.45) is 0 Å². The van der Waals surface area contributed by atoms with Crippen LogP contribution in [0.5, 0.6) is 5.75 Å². The number of carboxylic acids is 1. The largest absolute Gasteiger partial charge is 0.488 e. The van der Waals surface area contributed by atoms with Gasteiger partial charge in [-0.25, -0.2) is 0 Å². The molecule has 5 aromatic rings. The van der Waals surface area contributed by atoms with Gasteiger partial charge in [0.2, 0.25) is 0 Å². The van der Waals surface area contributed by atoms with Crippen molar-refractivity contribution in [1.29, 1.82) is 0 Å². The number of rotatable bonds is 9. The lowest BCUT2D eigenvalue weighted by atomic mass is 10.0. The fraction of sp³-hybridized carbons (Fsp3) is 0.138. The number of hydrogen-bond donors (Lipinski definition) is 3. The number of carbonyl (C=O) groups is 1. The van der Waals surface area contributed by atoms with Crippen LogP contribution in [0, 0.1) is 0 Å². The quantitative estimate of drug-likeness (QED) is 0.196. The van der Waals surface area contributed by atoms with Crippen LogP contribution < -0.4 is 10.1 Å². The molecule has 1 unspecified atom stereocenters. The predicted molar refractivity (Wildman–Crippen MR) is 145 cm³/mol. The maximum atomic E-state index is 12.2. The molecule has 0 radical (unpaired) electrons. The van der Waals surface area contributed by atoms with Crippen molar-refractivity contribution in [2.45, 2.75) is 25.6 Å². The van der Waals surface area contributed by atoms with E-state index in [0.717, 1.165) is 32.8 Å². The predicted octanol–water partition coefficient (Wildman–Crippen LogP) is 6.99. The molecule has 3 N–H and O–H groups in total. The Labute approximate surface area is 218 Å². The van der Waals surface area contributed by atoms with Crippen molar-refractivity contribution in [2.75, 3.05) is 0 Å². The molecule has 7 heteroatoms. The molecule has 0 bridgehead atoms. The Hall–Kier alpha value is -3.51. The Bertz CT molecular complexity index is 1530. The highest BCUT2D eigenvalue weighted by Gasteiger charge is 2.21. The standard InChI is InChI=1S/C29H24Cl2N2O3/c30-24-9-5-10-25(31)23(24)17-36-28-13-12-18-6-1-2-7-20(18)22(28)16-33-27(29(34)35)14-19-15-32-26-11-4-3-8-21(19)26/h1-13,15,27,32-33H,14,16-17H2,(H,34,35). The van der Waals surface area contributed by atoms with Crippen molar-refractivity contribution in [3.63, 3.8) is 0 Å². The molecule has 0 aliphatic rings. The van der Waals surface area contributed by atoms with E-state index in [9.17, 15) is 9.90 Å². The number of hydrogen-bond acceptors (Lipinski definition) is 3. The zero-order valence-electron chi connectivity index (χ0n) is 19.3. The van der Waals surface area contributed by atoms with Gasteiger partial charge in [0, 0.05) is 51.2 Å². The zero-order valence-corrected chi connectivity index (χ0v) is 20.8. The van der Waals surface area contributed by atoms with Crippen LogP contribution in [0.4, 0.5) is 0 Å². The Morgan fingerprint density at radius 2 is 1.61 bits per heavy atom. The zero-order chi connectivity index (χ0) is 25.1. The number of para-hydroxylation sites is 1. The normalized spacial score (nSPS) is 12.2. The molecule has 182 valence electrons. The summed E-state index contributed by atoms with van der Waals surface area (Å²) in [5, 5.41) is 17.4. The lowest BCUT2D eigenvalue weighted by molar-refractivity contribution is -0.139. The van der Waals surface area contributed by atoms with Gasteiger partial charge in [0.05, 0.1) is 0 Å². The molecule has 36 heavy (non-hydrogen) atoms. The molecule has 1 heterocycles. The third kappa shape index (κ3) is 5.05. The van der Waals surface area contributed by atoms with Gasteiger partial charge in [-0.1, -0.05) is 77.8 Å². The van der Waals surface area contributed by atoms with E-state index in [1.165, 1.54) is 0 Å². The Morgan fingerprint density at radius 3 is 2.39 bits per heavy atom. The lowest BCUT2D eigenvalue weighted by Crippen LogP contribution is -2.38. The smallest absolute Gasteiger partial charge is 0.321 e. The molecular formula is C29H24Cl2N2O3. The van der Waals surface area contributed by atoms with Gasteiger partial charge in [-0.15, -0.1) is 0 Å². The molecule has 0 saturated carbocycles. The first-order valence-electron chi connectivity index (χ1n) is 11.6. The molecule has 5 rings (SSSR count). The molecule has 0 aliphatic carbocycles. The van der Waals surface area contributed by atoms with Crippen molar-refractivity contribution in [3.8, 4) is 5.75 Å². The Morgan fingerprint density at radius 1 is 0.889 bits per heavy atom. The van der Waals surface area contributed by atoms with Crippen LogP contribution in [0.15, 0.2) is 85.1 Å². The van der Waals surface area contributed by atoms with Gasteiger partial charge in [-0.2, -0.15) is 0 Å². The van der Waals surface area contributed by atoms with Gasteiger partial charge in [-0.3, -0.25) is 10.1 Å². The molecule has 0 fully saturated rings. The van der Waals surface area contributed by atoms with Crippen molar-refractivity contribution in [3.05, 3.63) is 112 Å². The fourth-order valence-corrected chi connectivity index (χ4v) is 4.95. The third-order valence-corrected chi connectivity index (χ3v) is 7.06. The van der Waals surface area contributed by atoms with E-state index in [1.807, 2.05) is 66.9 Å². The van der Waals surface area contributed by atoms with Crippen LogP contribution in [0.1, 0.15) is 16.7 Å². The van der Waals surface area contributed by atoms with Gasteiger partial charge in [-0.05, 0) is 40.6 Å². The molecule has 0 spiro atoms. The first kappa shape index (κ1) is 24.2. The number of nitrogens with one attached hydrogen (secondary N) is 2. The minimum absolute atomic E-state index is 0.196. The molecule has 0 amide bonds. The number of aromatic nitrogens is 1. The van der Waals surface area contributed by atoms with Crippen LogP contribution in [0.2, 0.25) is 10.0 Å². The molecule has 0 aliphatic heterocycles. The van der Waals surface area contributed by atoms with Gasteiger partial charge in [0.15, 0.2) is 0 Å². The first-order chi connectivity index (χ1) is 17.5. The summed E-state index contributed by atoms with van der Waals surface area (Å²) in [6.07, 6.45) is 2.22. The summed E-state index contributed by atoms with van der Waals surface area (Å²) >= 11 is 12.7.